The van der Waals surface area contributed by atoms with Crippen LogP contribution < -0.4 is 11.1 Å². The summed E-state index contributed by atoms with van der Waals surface area (Å²) in [5.41, 5.74) is 6.24. The van der Waals surface area contributed by atoms with Gasteiger partial charge in [0.2, 0.25) is 0 Å². The van der Waals surface area contributed by atoms with Gasteiger partial charge in [0.05, 0.1) is 17.0 Å². The molecule has 0 aromatic carbocycles. The van der Waals surface area contributed by atoms with E-state index in [9.17, 15) is 9.90 Å². The van der Waals surface area contributed by atoms with Gasteiger partial charge in [-0.1, -0.05) is 13.3 Å². The lowest BCUT2D eigenvalue weighted by Gasteiger charge is -2.22. The standard InChI is InChI=1S/C12H22N4O2/c1-5-6-12(3,18)7-14-11(17)10-9(13)8(2)15-16(10)4/h18H,5-7,13H2,1-4H3,(H,14,17). The Balaban J connectivity index is 2.72. The summed E-state index contributed by atoms with van der Waals surface area (Å²) in [5, 5.41) is 16.8. The number of nitrogen functional groups attached to an aromatic ring is 1. The fourth-order valence-electron chi connectivity index (χ4n) is 1.93. The highest BCUT2D eigenvalue weighted by atomic mass is 16.3. The SMILES string of the molecule is CCCC(C)(O)CNC(=O)c1c(N)c(C)nn1C. The number of carbonyl (C=O) groups is 1. The minimum atomic E-state index is -0.896. The van der Waals surface area contributed by atoms with Gasteiger partial charge in [-0.2, -0.15) is 5.10 Å². The lowest BCUT2D eigenvalue weighted by molar-refractivity contribution is 0.0467. The van der Waals surface area contributed by atoms with Crippen molar-refractivity contribution >= 4 is 11.6 Å². The van der Waals surface area contributed by atoms with Crippen LogP contribution in [0, 0.1) is 6.92 Å². The Hall–Kier alpha value is -1.56. The van der Waals surface area contributed by atoms with Crippen molar-refractivity contribution in [1.82, 2.24) is 15.1 Å². The van der Waals surface area contributed by atoms with Gasteiger partial charge in [0.15, 0.2) is 0 Å². The molecule has 1 heterocycles. The average Bonchev–Trinajstić information content (AvgIpc) is 2.50. The van der Waals surface area contributed by atoms with Crippen molar-refractivity contribution in [2.45, 2.75) is 39.2 Å². The van der Waals surface area contributed by atoms with Crippen molar-refractivity contribution in [3.63, 3.8) is 0 Å². The summed E-state index contributed by atoms with van der Waals surface area (Å²) < 4.78 is 1.45. The molecule has 0 aliphatic heterocycles. The molecule has 6 heteroatoms. The predicted octanol–water partition coefficient (Wildman–Crippen LogP) is 0.592. The Bertz CT molecular complexity index is 438. The molecule has 1 unspecified atom stereocenters. The lowest BCUT2D eigenvalue weighted by Crippen LogP contribution is -2.41. The van der Waals surface area contributed by atoms with Crippen LogP contribution >= 0.6 is 0 Å². The summed E-state index contributed by atoms with van der Waals surface area (Å²) in [7, 11) is 1.67. The summed E-state index contributed by atoms with van der Waals surface area (Å²) in [6, 6.07) is 0. The van der Waals surface area contributed by atoms with Gasteiger partial charge in [0.1, 0.15) is 5.69 Å². The third kappa shape index (κ3) is 3.22. The summed E-state index contributed by atoms with van der Waals surface area (Å²) in [5.74, 6) is -0.313. The molecule has 1 aromatic rings. The normalized spacial score (nSPS) is 14.3. The zero-order chi connectivity index (χ0) is 13.9. The first-order valence-electron chi connectivity index (χ1n) is 6.08. The van der Waals surface area contributed by atoms with Crippen LogP contribution in [0.2, 0.25) is 0 Å². The zero-order valence-electron chi connectivity index (χ0n) is 11.4. The highest BCUT2D eigenvalue weighted by molar-refractivity contribution is 5.97. The highest BCUT2D eigenvalue weighted by Crippen LogP contribution is 2.16. The van der Waals surface area contributed by atoms with Gasteiger partial charge >= 0.3 is 0 Å². The van der Waals surface area contributed by atoms with E-state index in [0.717, 1.165) is 6.42 Å². The number of nitrogens with two attached hydrogens (primary N) is 1. The van der Waals surface area contributed by atoms with Crippen LogP contribution in [0.5, 0.6) is 0 Å². The molecule has 0 spiro atoms. The Labute approximate surface area is 107 Å². The lowest BCUT2D eigenvalue weighted by atomic mass is 10.0. The summed E-state index contributed by atoms with van der Waals surface area (Å²) in [4.78, 5) is 12.0. The number of nitrogens with zero attached hydrogens (tertiary/aromatic N) is 2. The molecule has 0 bridgehead atoms. The Kier molecular flexibility index (Phi) is 4.34. The molecular weight excluding hydrogens is 232 g/mol. The van der Waals surface area contributed by atoms with Gasteiger partial charge in [0.25, 0.3) is 5.91 Å². The summed E-state index contributed by atoms with van der Waals surface area (Å²) >= 11 is 0. The van der Waals surface area contributed by atoms with Gasteiger partial charge in [-0.3, -0.25) is 9.48 Å². The van der Waals surface area contributed by atoms with Gasteiger partial charge < -0.3 is 16.2 Å². The molecule has 1 atom stereocenters. The zero-order valence-corrected chi connectivity index (χ0v) is 11.4. The van der Waals surface area contributed by atoms with Crippen molar-refractivity contribution in [2.24, 2.45) is 7.05 Å². The van der Waals surface area contributed by atoms with E-state index in [0.29, 0.717) is 23.5 Å². The van der Waals surface area contributed by atoms with Crippen LogP contribution in [0.4, 0.5) is 5.69 Å². The van der Waals surface area contributed by atoms with Gasteiger partial charge in [0, 0.05) is 13.6 Å². The second-order valence-electron chi connectivity index (χ2n) is 4.90. The van der Waals surface area contributed by atoms with Gasteiger partial charge in [-0.15, -0.1) is 0 Å². The highest BCUT2D eigenvalue weighted by Gasteiger charge is 2.23. The van der Waals surface area contributed by atoms with E-state index < -0.39 is 5.60 Å². The number of anilines is 1. The van der Waals surface area contributed by atoms with E-state index in [4.69, 9.17) is 5.73 Å². The second-order valence-corrected chi connectivity index (χ2v) is 4.90. The van der Waals surface area contributed by atoms with E-state index in [1.54, 1.807) is 20.9 Å². The molecule has 0 saturated carbocycles. The van der Waals surface area contributed by atoms with Crippen molar-refractivity contribution < 1.29 is 9.90 Å². The maximum Gasteiger partial charge on any atom is 0.271 e. The van der Waals surface area contributed by atoms with E-state index in [-0.39, 0.29) is 12.5 Å². The number of nitrogens with one attached hydrogen (secondary N) is 1. The molecule has 0 radical (unpaired) electrons. The van der Waals surface area contributed by atoms with Crippen molar-refractivity contribution in [3.05, 3.63) is 11.4 Å². The van der Waals surface area contributed by atoms with E-state index >= 15 is 0 Å². The molecule has 18 heavy (non-hydrogen) atoms. The first-order chi connectivity index (χ1) is 8.28. The topological polar surface area (TPSA) is 93.2 Å². The van der Waals surface area contributed by atoms with Crippen molar-refractivity contribution in [2.75, 3.05) is 12.3 Å². The van der Waals surface area contributed by atoms with Gasteiger partial charge in [-0.25, -0.2) is 0 Å². The molecule has 6 nitrogen and oxygen atoms in total. The molecule has 102 valence electrons. The number of rotatable bonds is 5. The monoisotopic (exact) mass is 254 g/mol. The van der Waals surface area contributed by atoms with Crippen LogP contribution in [-0.4, -0.2) is 32.9 Å². The van der Waals surface area contributed by atoms with E-state index in [1.807, 2.05) is 6.92 Å². The smallest absolute Gasteiger partial charge is 0.271 e. The third-order valence-electron chi connectivity index (χ3n) is 2.90. The molecule has 0 aliphatic rings. The second kappa shape index (κ2) is 5.39. The number of aromatic nitrogens is 2. The van der Waals surface area contributed by atoms with Crippen molar-refractivity contribution in [3.8, 4) is 0 Å². The Morgan fingerprint density at radius 1 is 1.61 bits per heavy atom. The summed E-state index contributed by atoms with van der Waals surface area (Å²) in [6.07, 6.45) is 1.49. The molecule has 1 aromatic heterocycles. The first kappa shape index (κ1) is 14.5. The molecule has 1 amide bonds. The molecule has 1 rings (SSSR count). The third-order valence-corrected chi connectivity index (χ3v) is 2.90. The molecule has 0 fully saturated rings. The molecular formula is C12H22N4O2. The molecule has 0 saturated heterocycles. The fraction of sp³-hybridized carbons (Fsp3) is 0.667. The predicted molar refractivity (Wildman–Crippen MR) is 70.2 cm³/mol. The fourth-order valence-corrected chi connectivity index (χ4v) is 1.93. The number of aliphatic hydroxyl groups is 1. The van der Waals surface area contributed by atoms with Crippen molar-refractivity contribution in [1.29, 1.82) is 0 Å². The molecule has 0 aliphatic carbocycles. The number of amides is 1. The van der Waals surface area contributed by atoms with Crippen LogP contribution in [0.3, 0.4) is 0 Å². The average molecular weight is 254 g/mol. The number of aryl methyl sites for hydroxylation is 2. The summed E-state index contributed by atoms with van der Waals surface area (Å²) in [6.45, 7) is 5.64. The molecule has 4 N–H and O–H groups in total. The minimum Gasteiger partial charge on any atom is -0.395 e. The number of carbonyl (C=O) groups excluding carboxylic acids is 1. The van der Waals surface area contributed by atoms with Crippen LogP contribution in [0.25, 0.3) is 0 Å². The van der Waals surface area contributed by atoms with E-state index in [2.05, 4.69) is 10.4 Å². The van der Waals surface area contributed by atoms with Crippen LogP contribution in [-0.2, 0) is 7.05 Å². The maximum atomic E-state index is 12.0. The quantitative estimate of drug-likeness (QED) is 0.717. The van der Waals surface area contributed by atoms with Crippen LogP contribution in [0.1, 0.15) is 42.9 Å². The Morgan fingerprint density at radius 3 is 2.67 bits per heavy atom. The number of hydrogen-bond donors (Lipinski definition) is 3. The van der Waals surface area contributed by atoms with Gasteiger partial charge in [-0.05, 0) is 20.3 Å². The Morgan fingerprint density at radius 2 is 2.22 bits per heavy atom. The van der Waals surface area contributed by atoms with Crippen LogP contribution in [0.15, 0.2) is 0 Å². The minimum absolute atomic E-state index is 0.198. The largest absolute Gasteiger partial charge is 0.395 e. The number of hydrogen-bond acceptors (Lipinski definition) is 4. The maximum absolute atomic E-state index is 12.0. The first-order valence-corrected chi connectivity index (χ1v) is 6.08. The van der Waals surface area contributed by atoms with E-state index in [1.165, 1.54) is 4.68 Å².